The third-order valence-electron chi connectivity index (χ3n) is 2.49. The lowest BCUT2D eigenvalue weighted by molar-refractivity contribution is 1.01. The normalized spacial score (nSPS) is 10.2. The van der Waals surface area contributed by atoms with Gasteiger partial charge >= 0.3 is 0 Å². The molecule has 1 heterocycles. The number of aromatic nitrogens is 2. The molecule has 0 amide bonds. The highest BCUT2D eigenvalue weighted by Crippen LogP contribution is 2.28. The SMILES string of the molecule is CCN(c1ccccc1)c1cnc(N)nc1N. The minimum atomic E-state index is 0.190. The fourth-order valence-corrected chi connectivity index (χ4v) is 1.71. The van der Waals surface area contributed by atoms with Crippen LogP contribution in [0, 0.1) is 0 Å². The fraction of sp³-hybridized carbons (Fsp3) is 0.167. The Morgan fingerprint density at radius 2 is 1.88 bits per heavy atom. The average Bonchev–Trinajstić information content (AvgIpc) is 2.34. The van der Waals surface area contributed by atoms with Crippen molar-refractivity contribution in [3.63, 3.8) is 0 Å². The van der Waals surface area contributed by atoms with Crippen LogP contribution in [0.2, 0.25) is 0 Å². The van der Waals surface area contributed by atoms with Crippen LogP contribution in [-0.2, 0) is 0 Å². The highest BCUT2D eigenvalue weighted by molar-refractivity contribution is 5.71. The molecule has 0 spiro atoms. The van der Waals surface area contributed by atoms with Gasteiger partial charge in [0.25, 0.3) is 0 Å². The van der Waals surface area contributed by atoms with Gasteiger partial charge in [0.05, 0.1) is 6.20 Å². The number of anilines is 4. The van der Waals surface area contributed by atoms with Gasteiger partial charge in [-0.1, -0.05) is 18.2 Å². The molecule has 4 N–H and O–H groups in total. The summed E-state index contributed by atoms with van der Waals surface area (Å²) < 4.78 is 0. The van der Waals surface area contributed by atoms with E-state index >= 15 is 0 Å². The summed E-state index contributed by atoms with van der Waals surface area (Å²) in [6.45, 7) is 2.82. The second-order valence-electron chi connectivity index (χ2n) is 3.58. The van der Waals surface area contributed by atoms with Crippen LogP contribution in [0.1, 0.15) is 6.92 Å². The molecule has 5 heteroatoms. The van der Waals surface area contributed by atoms with Gasteiger partial charge in [0.1, 0.15) is 5.69 Å². The molecule has 0 fully saturated rings. The number of hydrogen-bond acceptors (Lipinski definition) is 5. The maximum atomic E-state index is 5.86. The Labute approximate surface area is 100 Å². The molecule has 0 aliphatic heterocycles. The van der Waals surface area contributed by atoms with Crippen molar-refractivity contribution >= 4 is 23.1 Å². The molecule has 0 radical (unpaired) electrons. The minimum Gasteiger partial charge on any atom is -0.382 e. The summed E-state index contributed by atoms with van der Waals surface area (Å²) >= 11 is 0. The lowest BCUT2D eigenvalue weighted by Crippen LogP contribution is -2.18. The van der Waals surface area contributed by atoms with Crippen LogP contribution in [0.3, 0.4) is 0 Å². The molecule has 88 valence electrons. The average molecular weight is 229 g/mol. The van der Waals surface area contributed by atoms with Gasteiger partial charge in [-0.3, -0.25) is 0 Å². The number of para-hydroxylation sites is 1. The van der Waals surface area contributed by atoms with Crippen molar-refractivity contribution in [2.75, 3.05) is 22.9 Å². The van der Waals surface area contributed by atoms with E-state index in [1.807, 2.05) is 42.2 Å². The fourth-order valence-electron chi connectivity index (χ4n) is 1.71. The maximum Gasteiger partial charge on any atom is 0.222 e. The molecule has 17 heavy (non-hydrogen) atoms. The van der Waals surface area contributed by atoms with Gasteiger partial charge in [0.15, 0.2) is 5.82 Å². The van der Waals surface area contributed by atoms with Crippen LogP contribution in [0.5, 0.6) is 0 Å². The van der Waals surface area contributed by atoms with Crippen molar-refractivity contribution in [1.82, 2.24) is 9.97 Å². The lowest BCUT2D eigenvalue weighted by atomic mass is 10.2. The van der Waals surface area contributed by atoms with Gasteiger partial charge < -0.3 is 16.4 Å². The number of nitrogens with zero attached hydrogens (tertiary/aromatic N) is 3. The second kappa shape index (κ2) is 4.69. The predicted molar refractivity (Wildman–Crippen MR) is 70.0 cm³/mol. The van der Waals surface area contributed by atoms with E-state index in [-0.39, 0.29) is 5.95 Å². The lowest BCUT2D eigenvalue weighted by Gasteiger charge is -2.23. The van der Waals surface area contributed by atoms with Crippen molar-refractivity contribution in [1.29, 1.82) is 0 Å². The third kappa shape index (κ3) is 2.28. The number of benzene rings is 1. The maximum absolute atomic E-state index is 5.86. The molecule has 0 bridgehead atoms. The molecule has 0 atom stereocenters. The van der Waals surface area contributed by atoms with Crippen molar-refractivity contribution < 1.29 is 0 Å². The van der Waals surface area contributed by atoms with E-state index < -0.39 is 0 Å². The Kier molecular flexibility index (Phi) is 3.09. The monoisotopic (exact) mass is 229 g/mol. The third-order valence-corrected chi connectivity index (χ3v) is 2.49. The van der Waals surface area contributed by atoms with E-state index in [0.29, 0.717) is 5.82 Å². The van der Waals surface area contributed by atoms with E-state index in [1.165, 1.54) is 0 Å². The Balaban J connectivity index is 2.42. The first kappa shape index (κ1) is 11.2. The van der Waals surface area contributed by atoms with Gasteiger partial charge in [-0.2, -0.15) is 4.98 Å². The topological polar surface area (TPSA) is 81.1 Å². The molecule has 2 rings (SSSR count). The minimum absolute atomic E-state index is 0.190. The summed E-state index contributed by atoms with van der Waals surface area (Å²) in [6.07, 6.45) is 1.65. The van der Waals surface area contributed by atoms with Gasteiger partial charge in [0.2, 0.25) is 5.95 Å². The number of hydrogen-bond donors (Lipinski definition) is 2. The van der Waals surface area contributed by atoms with E-state index in [0.717, 1.165) is 17.9 Å². The summed E-state index contributed by atoms with van der Waals surface area (Å²) in [7, 11) is 0. The molecule has 0 unspecified atom stereocenters. The second-order valence-corrected chi connectivity index (χ2v) is 3.58. The van der Waals surface area contributed by atoms with Gasteiger partial charge in [-0.05, 0) is 19.1 Å². The van der Waals surface area contributed by atoms with Crippen LogP contribution in [0.15, 0.2) is 36.5 Å². The first-order valence-electron chi connectivity index (χ1n) is 5.43. The molecule has 0 aliphatic rings. The zero-order valence-corrected chi connectivity index (χ0v) is 9.67. The zero-order chi connectivity index (χ0) is 12.3. The van der Waals surface area contributed by atoms with Crippen molar-refractivity contribution in [3.8, 4) is 0 Å². The van der Waals surface area contributed by atoms with Crippen molar-refractivity contribution in [2.24, 2.45) is 0 Å². The number of nitrogens with two attached hydrogens (primary N) is 2. The highest BCUT2D eigenvalue weighted by Gasteiger charge is 2.11. The quantitative estimate of drug-likeness (QED) is 0.838. The number of nitrogen functional groups attached to an aromatic ring is 2. The van der Waals surface area contributed by atoms with Gasteiger partial charge in [-0.15, -0.1) is 0 Å². The molecule has 0 aliphatic carbocycles. The van der Waals surface area contributed by atoms with Gasteiger partial charge in [-0.25, -0.2) is 4.98 Å². The van der Waals surface area contributed by atoms with Crippen LogP contribution in [0.4, 0.5) is 23.1 Å². The van der Waals surface area contributed by atoms with E-state index in [2.05, 4.69) is 9.97 Å². The molecule has 0 saturated carbocycles. The highest BCUT2D eigenvalue weighted by atomic mass is 15.2. The summed E-state index contributed by atoms with van der Waals surface area (Å²) in [6, 6.07) is 9.96. The zero-order valence-electron chi connectivity index (χ0n) is 9.67. The van der Waals surface area contributed by atoms with Crippen LogP contribution in [-0.4, -0.2) is 16.5 Å². The standard InChI is InChI=1S/C12H15N5/c1-2-17(9-6-4-3-5-7-9)10-8-15-12(14)16-11(10)13/h3-8H,2H2,1H3,(H4,13,14,15,16). The summed E-state index contributed by atoms with van der Waals surface area (Å²) in [4.78, 5) is 9.99. The Morgan fingerprint density at radius 3 is 2.47 bits per heavy atom. The predicted octanol–water partition coefficient (Wildman–Crippen LogP) is 1.80. The molecule has 0 saturated heterocycles. The summed E-state index contributed by atoms with van der Waals surface area (Å²) in [5.41, 5.74) is 13.2. The van der Waals surface area contributed by atoms with Crippen LogP contribution < -0.4 is 16.4 Å². The van der Waals surface area contributed by atoms with E-state index in [1.54, 1.807) is 6.20 Å². The first-order valence-corrected chi connectivity index (χ1v) is 5.43. The smallest absolute Gasteiger partial charge is 0.222 e. The van der Waals surface area contributed by atoms with Crippen LogP contribution in [0.25, 0.3) is 0 Å². The van der Waals surface area contributed by atoms with E-state index in [9.17, 15) is 0 Å². The number of rotatable bonds is 3. The van der Waals surface area contributed by atoms with Crippen molar-refractivity contribution in [2.45, 2.75) is 6.92 Å². The van der Waals surface area contributed by atoms with Crippen LogP contribution >= 0.6 is 0 Å². The summed E-state index contributed by atoms with van der Waals surface area (Å²) in [5, 5.41) is 0. The molecule has 2 aromatic rings. The summed E-state index contributed by atoms with van der Waals surface area (Å²) in [5.74, 6) is 0.582. The Bertz CT molecular complexity index is 498. The van der Waals surface area contributed by atoms with E-state index in [4.69, 9.17) is 11.5 Å². The molecule has 5 nitrogen and oxygen atoms in total. The molecular formula is C12H15N5. The molecule has 1 aromatic carbocycles. The molecular weight excluding hydrogens is 214 g/mol. The Hall–Kier alpha value is -2.30. The first-order chi connectivity index (χ1) is 8.22. The Morgan fingerprint density at radius 1 is 1.18 bits per heavy atom. The van der Waals surface area contributed by atoms with Gasteiger partial charge in [0, 0.05) is 12.2 Å². The van der Waals surface area contributed by atoms with Crippen molar-refractivity contribution in [3.05, 3.63) is 36.5 Å². The largest absolute Gasteiger partial charge is 0.382 e. The molecule has 1 aromatic heterocycles.